The van der Waals surface area contributed by atoms with Crippen molar-refractivity contribution < 1.29 is 24.9 Å². The van der Waals surface area contributed by atoms with Crippen molar-refractivity contribution in [1.82, 2.24) is 9.13 Å². The third kappa shape index (κ3) is 2.46. The molecule has 2 heterocycles. The lowest BCUT2D eigenvalue weighted by molar-refractivity contribution is -0.0614. The number of aliphatic hydroxyl groups excluding tert-OH is 2. The lowest BCUT2D eigenvalue weighted by Crippen LogP contribution is -2.49. The molecule has 0 spiro atoms. The van der Waals surface area contributed by atoms with Gasteiger partial charge in [0.05, 0.1) is 6.61 Å². The summed E-state index contributed by atoms with van der Waals surface area (Å²) >= 11 is 2.87. The summed E-state index contributed by atoms with van der Waals surface area (Å²) in [7, 11) is 0. The number of alkyl halides is 1. The van der Waals surface area contributed by atoms with Crippen molar-refractivity contribution in [1.29, 1.82) is 0 Å². The highest BCUT2D eigenvalue weighted by atomic mass is 79.9. The third-order valence-electron chi connectivity index (χ3n) is 3.45. The Morgan fingerprint density at radius 3 is 2.55 bits per heavy atom. The van der Waals surface area contributed by atoms with Gasteiger partial charge in [-0.2, -0.15) is 4.57 Å². The summed E-state index contributed by atoms with van der Waals surface area (Å²) in [4.78, 5) is 35.7. The maximum Gasteiger partial charge on any atom is 0.340 e. The van der Waals surface area contributed by atoms with Crippen molar-refractivity contribution in [3.05, 3.63) is 32.6 Å². The first kappa shape index (κ1) is 17.0. The quantitative estimate of drug-likeness (QED) is 0.523. The van der Waals surface area contributed by atoms with Gasteiger partial charge in [-0.1, -0.05) is 0 Å². The van der Waals surface area contributed by atoms with Gasteiger partial charge in [-0.25, -0.2) is 4.79 Å². The fourth-order valence-corrected chi connectivity index (χ4v) is 2.91. The van der Waals surface area contributed by atoms with Crippen LogP contribution in [0.2, 0.25) is 0 Å². The largest absolute Gasteiger partial charge is 0.394 e. The predicted molar refractivity (Wildman–Crippen MR) is 76.9 cm³/mol. The molecule has 0 bridgehead atoms. The molecule has 10 heteroatoms. The minimum Gasteiger partial charge on any atom is -0.394 e. The van der Waals surface area contributed by atoms with Crippen molar-refractivity contribution in [3.63, 3.8) is 0 Å². The Hall–Kier alpha value is -1.33. The summed E-state index contributed by atoms with van der Waals surface area (Å²) < 4.78 is 4.43. The van der Waals surface area contributed by atoms with Gasteiger partial charge in [0.2, 0.25) is 5.91 Å². The summed E-state index contributed by atoms with van der Waals surface area (Å²) in [5.74, 6) is -0.789. The standard InChI is InChI=1S/C12H15BrN2O7/c1-5-3-14(11(20)15(6(2)17)9(5)19)10-12(13,21)8(18)7(4-16)22-10/h3,7-8,10,16,18,21H,4H2,1-2H3/t7-,8-,10-,12-/m1/s1. The molecule has 1 saturated heterocycles. The highest BCUT2D eigenvalue weighted by Gasteiger charge is 2.55. The molecule has 0 saturated carbocycles. The van der Waals surface area contributed by atoms with E-state index in [2.05, 4.69) is 15.9 Å². The summed E-state index contributed by atoms with van der Waals surface area (Å²) in [6, 6.07) is 0. The van der Waals surface area contributed by atoms with Crippen LogP contribution < -0.4 is 11.2 Å². The molecule has 4 atom stereocenters. The van der Waals surface area contributed by atoms with Crippen LogP contribution in [0, 0.1) is 6.92 Å². The number of ether oxygens (including phenoxy) is 1. The van der Waals surface area contributed by atoms with Gasteiger partial charge in [0.15, 0.2) is 10.7 Å². The second-order valence-corrected chi connectivity index (χ2v) is 6.31. The number of aromatic nitrogens is 2. The van der Waals surface area contributed by atoms with E-state index in [-0.39, 0.29) is 5.56 Å². The number of hydrogen-bond acceptors (Lipinski definition) is 7. The first-order valence-electron chi connectivity index (χ1n) is 6.34. The zero-order chi connectivity index (χ0) is 16.8. The van der Waals surface area contributed by atoms with E-state index >= 15 is 0 Å². The molecule has 0 aliphatic carbocycles. The smallest absolute Gasteiger partial charge is 0.340 e. The van der Waals surface area contributed by atoms with Gasteiger partial charge in [0.25, 0.3) is 5.56 Å². The van der Waals surface area contributed by atoms with E-state index in [0.29, 0.717) is 4.57 Å². The zero-order valence-electron chi connectivity index (χ0n) is 11.8. The number of aliphatic hydroxyl groups is 3. The van der Waals surface area contributed by atoms with Crippen molar-refractivity contribution in [2.75, 3.05) is 6.61 Å². The van der Waals surface area contributed by atoms with E-state index in [0.717, 1.165) is 17.7 Å². The lowest BCUT2D eigenvalue weighted by atomic mass is 10.1. The van der Waals surface area contributed by atoms with Crippen LogP contribution in [-0.4, -0.2) is 53.7 Å². The molecule has 3 N–H and O–H groups in total. The molecule has 122 valence electrons. The van der Waals surface area contributed by atoms with Crippen molar-refractivity contribution in [2.24, 2.45) is 0 Å². The topological polar surface area (TPSA) is 131 Å². The van der Waals surface area contributed by atoms with E-state index in [4.69, 9.17) is 9.84 Å². The number of carbonyl (C=O) groups excluding carboxylic acids is 1. The number of nitrogens with zero attached hydrogens (tertiary/aromatic N) is 2. The summed E-state index contributed by atoms with van der Waals surface area (Å²) in [6.45, 7) is 1.85. The van der Waals surface area contributed by atoms with Crippen LogP contribution in [0.15, 0.2) is 15.8 Å². The molecule has 1 aromatic heterocycles. The Labute approximate surface area is 132 Å². The molecule has 9 nitrogen and oxygen atoms in total. The van der Waals surface area contributed by atoms with E-state index in [9.17, 15) is 24.6 Å². The Balaban J connectivity index is 2.67. The molecule has 0 unspecified atom stereocenters. The van der Waals surface area contributed by atoms with Crippen LogP contribution in [0.25, 0.3) is 0 Å². The van der Waals surface area contributed by atoms with E-state index in [1.54, 1.807) is 0 Å². The van der Waals surface area contributed by atoms with Gasteiger partial charge < -0.3 is 20.1 Å². The van der Waals surface area contributed by atoms with E-state index < -0.39 is 46.7 Å². The minimum atomic E-state index is -2.07. The molecule has 22 heavy (non-hydrogen) atoms. The number of carbonyl (C=O) groups is 1. The van der Waals surface area contributed by atoms with Crippen LogP contribution in [0.5, 0.6) is 0 Å². The third-order valence-corrected chi connectivity index (χ3v) is 4.31. The highest BCUT2D eigenvalue weighted by molar-refractivity contribution is 9.10. The Bertz CT molecular complexity index is 723. The molecule has 0 aromatic carbocycles. The highest BCUT2D eigenvalue weighted by Crippen LogP contribution is 2.42. The monoisotopic (exact) mass is 378 g/mol. The normalized spacial score (nSPS) is 31.5. The average Bonchev–Trinajstić information content (AvgIpc) is 2.65. The van der Waals surface area contributed by atoms with Crippen LogP contribution in [0.4, 0.5) is 0 Å². The molecular formula is C12H15BrN2O7. The van der Waals surface area contributed by atoms with Crippen LogP contribution in [0.1, 0.15) is 23.5 Å². The average molecular weight is 379 g/mol. The zero-order valence-corrected chi connectivity index (χ0v) is 13.3. The van der Waals surface area contributed by atoms with Gasteiger partial charge >= 0.3 is 5.69 Å². The first-order chi connectivity index (χ1) is 10.1. The van der Waals surface area contributed by atoms with Gasteiger partial charge in [-0.3, -0.25) is 14.2 Å². The van der Waals surface area contributed by atoms with E-state index in [1.165, 1.54) is 6.92 Å². The van der Waals surface area contributed by atoms with Crippen LogP contribution >= 0.6 is 15.9 Å². The molecule has 0 amide bonds. The van der Waals surface area contributed by atoms with Crippen molar-refractivity contribution in [3.8, 4) is 0 Å². The van der Waals surface area contributed by atoms with Crippen molar-refractivity contribution >= 4 is 21.8 Å². The number of rotatable bonds is 2. The summed E-state index contributed by atoms with van der Waals surface area (Å²) in [6.07, 6.45) is -2.98. The summed E-state index contributed by atoms with van der Waals surface area (Å²) in [5.41, 5.74) is -1.72. The second kappa shape index (κ2) is 5.70. The molecule has 1 aliphatic rings. The predicted octanol–water partition coefficient (Wildman–Crippen LogP) is -1.69. The number of aryl methyl sites for hydroxylation is 1. The van der Waals surface area contributed by atoms with Gasteiger partial charge in [-0.15, -0.1) is 0 Å². The van der Waals surface area contributed by atoms with Crippen molar-refractivity contribution in [2.45, 2.75) is 36.8 Å². The Kier molecular flexibility index (Phi) is 4.42. The van der Waals surface area contributed by atoms with Crippen LogP contribution in [-0.2, 0) is 4.74 Å². The number of hydrogen-bond donors (Lipinski definition) is 3. The fourth-order valence-electron chi connectivity index (χ4n) is 2.29. The second-order valence-electron chi connectivity index (χ2n) is 5.04. The van der Waals surface area contributed by atoms with Gasteiger partial charge in [-0.05, 0) is 22.9 Å². The van der Waals surface area contributed by atoms with E-state index in [1.807, 2.05) is 0 Å². The molecule has 1 aliphatic heterocycles. The Morgan fingerprint density at radius 1 is 1.50 bits per heavy atom. The molecule has 2 rings (SSSR count). The fraction of sp³-hybridized carbons (Fsp3) is 0.583. The summed E-state index contributed by atoms with van der Waals surface area (Å²) in [5, 5.41) is 29.3. The van der Waals surface area contributed by atoms with Gasteiger partial charge in [0, 0.05) is 18.7 Å². The lowest BCUT2D eigenvalue weighted by Gasteiger charge is -2.26. The Morgan fingerprint density at radius 2 is 2.09 bits per heavy atom. The maximum atomic E-state index is 12.3. The van der Waals surface area contributed by atoms with Gasteiger partial charge in [0.1, 0.15) is 12.2 Å². The van der Waals surface area contributed by atoms with Crippen LogP contribution in [0.3, 0.4) is 0 Å². The molecule has 0 radical (unpaired) electrons. The first-order valence-corrected chi connectivity index (χ1v) is 7.13. The maximum absolute atomic E-state index is 12.3. The minimum absolute atomic E-state index is 0.0728. The number of halogens is 1. The molecule has 1 fully saturated rings. The molecular weight excluding hydrogens is 364 g/mol. The SMILES string of the molecule is CC(=O)n1c(=O)c(C)cn([C@@H]2O[C@H](CO)[C@@H](O)[C@]2(O)Br)c1=O. The molecule has 1 aromatic rings.